The van der Waals surface area contributed by atoms with Crippen LogP contribution in [0.25, 0.3) is 11.0 Å². The third-order valence-corrected chi connectivity index (χ3v) is 4.65. The summed E-state index contributed by atoms with van der Waals surface area (Å²) >= 11 is 0. The second-order valence-corrected chi connectivity index (χ2v) is 6.33. The first kappa shape index (κ1) is 12.5. The molecule has 0 aliphatic heterocycles. The average Bonchev–Trinajstić information content (AvgIpc) is 3.08. The standard InChI is InChI=1S/C15H22N4/c1-8-9(2)19(15(4,5)11-6-7-11)14-12(8)13(16)17-10(3)18-14/h11H,6-7H2,1-5H3,(H2,16,17,18). The van der Waals surface area contributed by atoms with Gasteiger partial charge in [0.05, 0.1) is 5.39 Å². The van der Waals surface area contributed by atoms with Gasteiger partial charge in [0, 0.05) is 11.2 Å². The van der Waals surface area contributed by atoms with Gasteiger partial charge in [0.25, 0.3) is 0 Å². The monoisotopic (exact) mass is 258 g/mol. The molecular formula is C15H22N4. The van der Waals surface area contributed by atoms with Crippen LogP contribution in [0.3, 0.4) is 0 Å². The van der Waals surface area contributed by atoms with Gasteiger partial charge >= 0.3 is 0 Å². The van der Waals surface area contributed by atoms with Crippen molar-refractivity contribution >= 4 is 16.9 Å². The number of nitrogens with two attached hydrogens (primary N) is 1. The number of anilines is 1. The predicted molar refractivity (Wildman–Crippen MR) is 78.2 cm³/mol. The number of nitrogens with zero attached hydrogens (tertiary/aromatic N) is 3. The summed E-state index contributed by atoms with van der Waals surface area (Å²) in [5, 5.41) is 1.02. The molecule has 0 radical (unpaired) electrons. The van der Waals surface area contributed by atoms with Crippen molar-refractivity contribution in [2.75, 3.05) is 5.73 Å². The number of hydrogen-bond donors (Lipinski definition) is 1. The highest BCUT2D eigenvalue weighted by molar-refractivity contribution is 5.91. The van der Waals surface area contributed by atoms with Gasteiger partial charge in [0.15, 0.2) is 0 Å². The van der Waals surface area contributed by atoms with Crippen molar-refractivity contribution in [2.24, 2.45) is 5.92 Å². The van der Waals surface area contributed by atoms with E-state index in [4.69, 9.17) is 5.73 Å². The zero-order valence-corrected chi connectivity index (χ0v) is 12.4. The van der Waals surface area contributed by atoms with Crippen molar-refractivity contribution in [2.45, 2.75) is 53.0 Å². The van der Waals surface area contributed by atoms with Gasteiger partial charge in [0.2, 0.25) is 0 Å². The maximum absolute atomic E-state index is 6.11. The lowest BCUT2D eigenvalue weighted by molar-refractivity contribution is 0.307. The van der Waals surface area contributed by atoms with E-state index in [1.54, 1.807) is 0 Å². The molecule has 4 heteroatoms. The lowest BCUT2D eigenvalue weighted by atomic mass is 9.98. The van der Waals surface area contributed by atoms with E-state index in [9.17, 15) is 0 Å². The molecule has 2 heterocycles. The van der Waals surface area contributed by atoms with Crippen LogP contribution >= 0.6 is 0 Å². The van der Waals surface area contributed by atoms with Gasteiger partial charge in [-0.3, -0.25) is 0 Å². The van der Waals surface area contributed by atoms with Crippen LogP contribution in [-0.2, 0) is 5.54 Å². The number of rotatable bonds is 2. The van der Waals surface area contributed by atoms with Crippen LogP contribution in [0.5, 0.6) is 0 Å². The molecule has 0 spiro atoms. The maximum Gasteiger partial charge on any atom is 0.146 e. The van der Waals surface area contributed by atoms with Crippen LogP contribution in [0.4, 0.5) is 5.82 Å². The van der Waals surface area contributed by atoms with Gasteiger partial charge < -0.3 is 10.3 Å². The summed E-state index contributed by atoms with van der Waals surface area (Å²) in [5.74, 6) is 2.10. The van der Waals surface area contributed by atoms with E-state index in [-0.39, 0.29) is 5.54 Å². The number of aromatic nitrogens is 3. The average molecular weight is 258 g/mol. The summed E-state index contributed by atoms with van der Waals surface area (Å²) in [6.45, 7) is 10.8. The topological polar surface area (TPSA) is 56.7 Å². The molecule has 2 aromatic rings. The van der Waals surface area contributed by atoms with Crippen LogP contribution in [0.1, 0.15) is 43.8 Å². The van der Waals surface area contributed by atoms with E-state index >= 15 is 0 Å². The van der Waals surface area contributed by atoms with Gasteiger partial charge in [0.1, 0.15) is 17.3 Å². The fourth-order valence-electron chi connectivity index (χ4n) is 3.29. The maximum atomic E-state index is 6.11. The predicted octanol–water partition coefficient (Wildman–Crippen LogP) is 3.08. The lowest BCUT2D eigenvalue weighted by Gasteiger charge is -2.29. The summed E-state index contributed by atoms with van der Waals surface area (Å²) in [5.41, 5.74) is 9.68. The molecule has 0 bridgehead atoms. The molecule has 2 aromatic heterocycles. The van der Waals surface area contributed by atoms with E-state index < -0.39 is 0 Å². The summed E-state index contributed by atoms with van der Waals surface area (Å²) in [6, 6.07) is 0. The minimum Gasteiger partial charge on any atom is -0.383 e. The smallest absolute Gasteiger partial charge is 0.146 e. The summed E-state index contributed by atoms with van der Waals surface area (Å²) in [6.07, 6.45) is 2.62. The van der Waals surface area contributed by atoms with Crippen molar-refractivity contribution in [1.29, 1.82) is 0 Å². The molecule has 0 amide bonds. The van der Waals surface area contributed by atoms with Gasteiger partial charge in [-0.25, -0.2) is 9.97 Å². The van der Waals surface area contributed by atoms with Crippen molar-refractivity contribution in [3.8, 4) is 0 Å². The Kier molecular flexibility index (Phi) is 2.43. The Morgan fingerprint density at radius 1 is 1.16 bits per heavy atom. The number of fused-ring (bicyclic) bond motifs is 1. The number of hydrogen-bond acceptors (Lipinski definition) is 3. The molecule has 1 saturated carbocycles. The Hall–Kier alpha value is -1.58. The van der Waals surface area contributed by atoms with E-state index in [0.717, 1.165) is 22.8 Å². The largest absolute Gasteiger partial charge is 0.383 e. The van der Waals surface area contributed by atoms with Crippen LogP contribution in [-0.4, -0.2) is 14.5 Å². The third kappa shape index (κ3) is 1.66. The summed E-state index contributed by atoms with van der Waals surface area (Å²) < 4.78 is 2.38. The molecule has 1 aliphatic carbocycles. The van der Waals surface area contributed by atoms with E-state index in [0.29, 0.717) is 5.82 Å². The Labute approximate surface area is 114 Å². The van der Waals surface area contributed by atoms with E-state index in [2.05, 4.69) is 42.2 Å². The molecule has 0 aromatic carbocycles. The Morgan fingerprint density at radius 2 is 1.79 bits per heavy atom. The van der Waals surface area contributed by atoms with Crippen molar-refractivity contribution in [3.05, 3.63) is 17.1 Å². The highest BCUT2D eigenvalue weighted by Gasteiger charge is 2.41. The SMILES string of the molecule is Cc1nc(N)c2c(C)c(C)n(C(C)(C)C3CC3)c2n1. The Bertz CT molecular complexity index is 663. The third-order valence-electron chi connectivity index (χ3n) is 4.65. The second-order valence-electron chi connectivity index (χ2n) is 6.33. The lowest BCUT2D eigenvalue weighted by Crippen LogP contribution is -2.30. The van der Waals surface area contributed by atoms with Crippen molar-refractivity contribution in [3.63, 3.8) is 0 Å². The van der Waals surface area contributed by atoms with Gasteiger partial charge in [-0.05, 0) is 58.9 Å². The molecule has 1 aliphatic rings. The minimum atomic E-state index is 0.101. The van der Waals surface area contributed by atoms with Crippen molar-refractivity contribution < 1.29 is 0 Å². The molecule has 1 fully saturated rings. The van der Waals surface area contributed by atoms with E-state index in [1.165, 1.54) is 24.1 Å². The highest BCUT2D eigenvalue weighted by Crippen LogP contribution is 2.46. The van der Waals surface area contributed by atoms with Crippen LogP contribution in [0.15, 0.2) is 0 Å². The molecule has 2 N–H and O–H groups in total. The van der Waals surface area contributed by atoms with Gasteiger partial charge in [-0.1, -0.05) is 0 Å². The Balaban J connectivity index is 2.38. The highest BCUT2D eigenvalue weighted by atomic mass is 15.1. The molecule has 19 heavy (non-hydrogen) atoms. The van der Waals surface area contributed by atoms with Crippen molar-refractivity contribution in [1.82, 2.24) is 14.5 Å². The first-order valence-corrected chi connectivity index (χ1v) is 6.96. The molecule has 102 valence electrons. The van der Waals surface area contributed by atoms with Crippen LogP contribution in [0.2, 0.25) is 0 Å². The van der Waals surface area contributed by atoms with Gasteiger partial charge in [-0.15, -0.1) is 0 Å². The number of nitrogen functional groups attached to an aromatic ring is 1. The Morgan fingerprint density at radius 3 is 2.37 bits per heavy atom. The zero-order valence-electron chi connectivity index (χ0n) is 12.4. The molecule has 3 rings (SSSR count). The summed E-state index contributed by atoms with van der Waals surface area (Å²) in [4.78, 5) is 8.98. The molecule has 0 atom stereocenters. The van der Waals surface area contributed by atoms with Gasteiger partial charge in [-0.2, -0.15) is 0 Å². The normalized spacial score (nSPS) is 16.3. The van der Waals surface area contributed by atoms with Crippen LogP contribution < -0.4 is 5.73 Å². The molecular weight excluding hydrogens is 236 g/mol. The first-order chi connectivity index (χ1) is 8.84. The van der Waals surface area contributed by atoms with E-state index in [1.807, 2.05) is 6.92 Å². The van der Waals surface area contributed by atoms with Crippen LogP contribution in [0, 0.1) is 26.7 Å². The fraction of sp³-hybridized carbons (Fsp3) is 0.600. The quantitative estimate of drug-likeness (QED) is 0.900. The second kappa shape index (κ2) is 3.71. The molecule has 0 saturated heterocycles. The first-order valence-electron chi connectivity index (χ1n) is 6.96. The minimum absolute atomic E-state index is 0.101. The zero-order chi connectivity index (χ0) is 13.9. The fourth-order valence-corrected chi connectivity index (χ4v) is 3.29. The molecule has 0 unspecified atom stereocenters. The molecule has 4 nitrogen and oxygen atoms in total. The number of aryl methyl sites for hydroxylation is 2. The summed E-state index contributed by atoms with van der Waals surface area (Å²) in [7, 11) is 0.